The van der Waals surface area contributed by atoms with E-state index in [0.29, 0.717) is 0 Å². The molecule has 0 bridgehead atoms. The molecule has 2 N–H and O–H groups in total. The minimum absolute atomic E-state index is 0.238. The summed E-state index contributed by atoms with van der Waals surface area (Å²) < 4.78 is 0. The lowest BCUT2D eigenvalue weighted by atomic mass is 9.96. The molecule has 2 aromatic rings. The molecular weight excluding hydrogens is 230 g/mol. The Morgan fingerprint density at radius 3 is 1.84 bits per heavy atom. The Morgan fingerprint density at radius 1 is 0.947 bits per heavy atom. The number of nitrogens with two attached hydrogens (primary N) is 1. The minimum Gasteiger partial charge on any atom is -0.327 e. The van der Waals surface area contributed by atoms with Crippen LogP contribution in [0.1, 0.15) is 30.9 Å². The van der Waals surface area contributed by atoms with Crippen LogP contribution >= 0.6 is 0 Å². The van der Waals surface area contributed by atoms with Crippen molar-refractivity contribution in [1.82, 2.24) is 0 Å². The normalized spacial score (nSPS) is 11.9. The van der Waals surface area contributed by atoms with Gasteiger partial charge in [-0.05, 0) is 29.5 Å². The SMILES string of the molecule is CCC(N)CC=C(c1ccccc1)c1ccccc1. The molecule has 0 aromatic heterocycles. The monoisotopic (exact) mass is 251 g/mol. The van der Waals surface area contributed by atoms with Crippen LogP contribution in [0.25, 0.3) is 5.57 Å². The first-order valence-electron chi connectivity index (χ1n) is 6.88. The number of hydrogen-bond donors (Lipinski definition) is 1. The average molecular weight is 251 g/mol. The van der Waals surface area contributed by atoms with Crippen LogP contribution in [0.4, 0.5) is 0 Å². The molecule has 1 heteroatoms. The van der Waals surface area contributed by atoms with Crippen molar-refractivity contribution in [3.63, 3.8) is 0 Å². The van der Waals surface area contributed by atoms with Crippen molar-refractivity contribution in [3.8, 4) is 0 Å². The van der Waals surface area contributed by atoms with Gasteiger partial charge in [-0.1, -0.05) is 73.7 Å². The standard InChI is InChI=1S/C18H21N/c1-2-17(19)13-14-18(15-9-5-3-6-10-15)16-11-7-4-8-12-16/h3-12,14,17H,2,13,19H2,1H3. The van der Waals surface area contributed by atoms with Gasteiger partial charge in [0.05, 0.1) is 0 Å². The van der Waals surface area contributed by atoms with E-state index in [2.05, 4.69) is 61.5 Å². The summed E-state index contributed by atoms with van der Waals surface area (Å²) in [5, 5.41) is 0. The van der Waals surface area contributed by atoms with Crippen molar-refractivity contribution >= 4 is 5.57 Å². The van der Waals surface area contributed by atoms with Crippen LogP contribution in [0.3, 0.4) is 0 Å². The highest BCUT2D eigenvalue weighted by atomic mass is 14.6. The molecule has 0 saturated heterocycles. The van der Waals surface area contributed by atoms with Crippen LogP contribution in [0.5, 0.6) is 0 Å². The van der Waals surface area contributed by atoms with E-state index in [9.17, 15) is 0 Å². The quantitative estimate of drug-likeness (QED) is 0.845. The van der Waals surface area contributed by atoms with Gasteiger partial charge in [-0.15, -0.1) is 0 Å². The molecule has 0 fully saturated rings. The highest BCUT2D eigenvalue weighted by Gasteiger charge is 2.05. The maximum absolute atomic E-state index is 6.03. The van der Waals surface area contributed by atoms with Crippen LogP contribution in [-0.4, -0.2) is 6.04 Å². The van der Waals surface area contributed by atoms with Gasteiger partial charge in [0, 0.05) is 6.04 Å². The summed E-state index contributed by atoms with van der Waals surface area (Å²) >= 11 is 0. The summed E-state index contributed by atoms with van der Waals surface area (Å²) in [6.45, 7) is 2.13. The first-order chi connectivity index (χ1) is 9.31. The lowest BCUT2D eigenvalue weighted by Gasteiger charge is -2.11. The van der Waals surface area contributed by atoms with Crippen molar-refractivity contribution < 1.29 is 0 Å². The molecular formula is C18H21N. The smallest absolute Gasteiger partial charge is 0.00711 e. The van der Waals surface area contributed by atoms with Gasteiger partial charge >= 0.3 is 0 Å². The van der Waals surface area contributed by atoms with E-state index in [-0.39, 0.29) is 6.04 Å². The summed E-state index contributed by atoms with van der Waals surface area (Å²) in [5.41, 5.74) is 9.80. The van der Waals surface area contributed by atoms with E-state index >= 15 is 0 Å². The number of benzene rings is 2. The zero-order valence-electron chi connectivity index (χ0n) is 11.4. The number of hydrogen-bond acceptors (Lipinski definition) is 1. The van der Waals surface area contributed by atoms with Crippen LogP contribution in [0.2, 0.25) is 0 Å². The summed E-state index contributed by atoms with van der Waals surface area (Å²) in [6.07, 6.45) is 4.18. The summed E-state index contributed by atoms with van der Waals surface area (Å²) in [5.74, 6) is 0. The molecule has 2 rings (SSSR count). The molecule has 98 valence electrons. The molecule has 0 amide bonds. The first kappa shape index (κ1) is 13.6. The van der Waals surface area contributed by atoms with Crippen molar-refractivity contribution in [2.75, 3.05) is 0 Å². The van der Waals surface area contributed by atoms with Gasteiger partial charge in [0.15, 0.2) is 0 Å². The van der Waals surface area contributed by atoms with Gasteiger partial charge in [-0.25, -0.2) is 0 Å². The fraction of sp³-hybridized carbons (Fsp3) is 0.222. The third-order valence-electron chi connectivity index (χ3n) is 3.32. The Balaban J connectivity index is 2.34. The maximum Gasteiger partial charge on any atom is 0.00711 e. The zero-order chi connectivity index (χ0) is 13.5. The summed E-state index contributed by atoms with van der Waals surface area (Å²) in [4.78, 5) is 0. The van der Waals surface area contributed by atoms with Crippen LogP contribution < -0.4 is 5.73 Å². The van der Waals surface area contributed by atoms with Gasteiger partial charge in [-0.3, -0.25) is 0 Å². The molecule has 0 saturated carbocycles. The lowest BCUT2D eigenvalue weighted by molar-refractivity contribution is 0.660. The maximum atomic E-state index is 6.03. The van der Waals surface area contributed by atoms with Crippen LogP contribution in [0.15, 0.2) is 66.7 Å². The molecule has 1 unspecified atom stereocenters. The van der Waals surface area contributed by atoms with Gasteiger partial charge in [0.25, 0.3) is 0 Å². The Hall–Kier alpha value is -1.86. The molecule has 0 aliphatic carbocycles. The second-order valence-electron chi connectivity index (χ2n) is 4.75. The van der Waals surface area contributed by atoms with E-state index in [0.717, 1.165) is 12.8 Å². The van der Waals surface area contributed by atoms with Gasteiger partial charge in [0.1, 0.15) is 0 Å². The fourth-order valence-corrected chi connectivity index (χ4v) is 2.07. The molecule has 0 aliphatic heterocycles. The predicted octanol–water partition coefficient (Wildman–Crippen LogP) is 4.25. The Morgan fingerprint density at radius 2 is 1.42 bits per heavy atom. The molecule has 1 nitrogen and oxygen atoms in total. The highest BCUT2D eigenvalue weighted by Crippen LogP contribution is 2.23. The molecule has 1 atom stereocenters. The summed E-state index contributed by atoms with van der Waals surface area (Å²) in [6, 6.07) is 21.2. The summed E-state index contributed by atoms with van der Waals surface area (Å²) in [7, 11) is 0. The average Bonchev–Trinajstić information content (AvgIpc) is 2.49. The Labute approximate surface area is 115 Å². The fourth-order valence-electron chi connectivity index (χ4n) is 2.07. The first-order valence-corrected chi connectivity index (χ1v) is 6.88. The third-order valence-corrected chi connectivity index (χ3v) is 3.32. The topological polar surface area (TPSA) is 26.0 Å². The molecule has 2 aromatic carbocycles. The largest absolute Gasteiger partial charge is 0.327 e. The second-order valence-corrected chi connectivity index (χ2v) is 4.75. The van der Waals surface area contributed by atoms with Gasteiger partial charge in [-0.2, -0.15) is 0 Å². The van der Waals surface area contributed by atoms with Gasteiger partial charge in [0.2, 0.25) is 0 Å². The second kappa shape index (κ2) is 6.91. The minimum atomic E-state index is 0.238. The van der Waals surface area contributed by atoms with Crippen molar-refractivity contribution in [1.29, 1.82) is 0 Å². The molecule has 0 radical (unpaired) electrons. The highest BCUT2D eigenvalue weighted by molar-refractivity contribution is 5.79. The van der Waals surface area contributed by atoms with Crippen molar-refractivity contribution in [3.05, 3.63) is 77.9 Å². The van der Waals surface area contributed by atoms with Crippen LogP contribution in [-0.2, 0) is 0 Å². The van der Waals surface area contributed by atoms with Crippen LogP contribution in [0, 0.1) is 0 Å². The van der Waals surface area contributed by atoms with Crippen molar-refractivity contribution in [2.24, 2.45) is 5.73 Å². The zero-order valence-corrected chi connectivity index (χ0v) is 11.4. The third kappa shape index (κ3) is 3.80. The molecule has 0 heterocycles. The molecule has 0 aliphatic rings. The molecule has 0 spiro atoms. The van der Waals surface area contributed by atoms with Gasteiger partial charge < -0.3 is 5.73 Å². The van der Waals surface area contributed by atoms with E-state index in [1.807, 2.05) is 12.1 Å². The van der Waals surface area contributed by atoms with E-state index < -0.39 is 0 Å². The number of rotatable bonds is 5. The van der Waals surface area contributed by atoms with E-state index in [1.165, 1.54) is 16.7 Å². The van der Waals surface area contributed by atoms with E-state index in [4.69, 9.17) is 5.73 Å². The van der Waals surface area contributed by atoms with E-state index in [1.54, 1.807) is 0 Å². The van der Waals surface area contributed by atoms with Crippen molar-refractivity contribution in [2.45, 2.75) is 25.8 Å². The Bertz CT molecular complexity index is 472. The predicted molar refractivity (Wildman–Crippen MR) is 82.8 cm³/mol. The molecule has 19 heavy (non-hydrogen) atoms. The lowest BCUT2D eigenvalue weighted by Crippen LogP contribution is -2.17. The Kier molecular flexibility index (Phi) is 4.93.